The van der Waals surface area contributed by atoms with Crippen molar-refractivity contribution in [3.8, 4) is 11.1 Å². The standard InChI is InChI=1S/C39H48/c1-23(2)33-25(4)20-38(12)22-37(11)21-32-31(29-15-17-30(18-16-29)36(8,9)10)19-14-24(3)34(32)26(5)35(37)28(7)39(38,13)27(33)6/h14-19H,1,5-6,20-22H2,2-4,7-13H3/t37-,38+,39-/m1/s1. The third-order valence-electron chi connectivity index (χ3n) is 10.9. The molecule has 2 aromatic carbocycles. The third-order valence-corrected chi connectivity index (χ3v) is 10.9. The third kappa shape index (κ3) is 3.77. The predicted molar refractivity (Wildman–Crippen MR) is 171 cm³/mol. The lowest BCUT2D eigenvalue weighted by molar-refractivity contribution is 0.0544. The van der Waals surface area contributed by atoms with Crippen LogP contribution in [0.5, 0.6) is 0 Å². The Kier molecular flexibility index (Phi) is 6.08. The SMILES string of the molecule is C=C(C)C1=C(C)C[C@@]2(C)C[C@@]3(C)Cc4c(-c5ccc(C(C)(C)C)cc5)ccc(C)c4C(=C)C3=C(C)[C@@]2(C)C1=C. The van der Waals surface area contributed by atoms with Gasteiger partial charge in [-0.05, 0) is 119 Å². The number of allylic oxidation sites excluding steroid dienone is 7. The average Bonchev–Trinajstić information content (AvgIpc) is 2.80. The first-order chi connectivity index (χ1) is 18.0. The van der Waals surface area contributed by atoms with E-state index in [1.165, 1.54) is 66.8 Å². The fraction of sp³-hybridized carbons (Fsp3) is 0.436. The number of fused-ring (bicyclic) bond motifs is 3. The zero-order chi connectivity index (χ0) is 28.9. The monoisotopic (exact) mass is 516 g/mol. The largest absolute Gasteiger partial charge is 0.0955 e. The molecule has 0 N–H and O–H groups in total. The topological polar surface area (TPSA) is 0 Å². The van der Waals surface area contributed by atoms with Crippen LogP contribution in [0.15, 0.2) is 89.6 Å². The van der Waals surface area contributed by atoms with Crippen molar-refractivity contribution in [3.05, 3.63) is 112 Å². The lowest BCUT2D eigenvalue weighted by Crippen LogP contribution is -2.52. The molecule has 0 heterocycles. The maximum Gasteiger partial charge on any atom is 0.0194 e. The molecule has 0 nitrogen and oxygen atoms in total. The van der Waals surface area contributed by atoms with Crippen LogP contribution in [-0.4, -0.2) is 0 Å². The van der Waals surface area contributed by atoms with E-state index in [1.54, 1.807) is 0 Å². The van der Waals surface area contributed by atoms with Crippen LogP contribution in [-0.2, 0) is 11.8 Å². The minimum absolute atomic E-state index is 0.0254. The molecule has 0 radical (unpaired) electrons. The zero-order valence-corrected chi connectivity index (χ0v) is 26.2. The molecule has 0 unspecified atom stereocenters. The highest BCUT2D eigenvalue weighted by molar-refractivity contribution is 5.90. The Morgan fingerprint density at radius 1 is 0.872 bits per heavy atom. The van der Waals surface area contributed by atoms with Gasteiger partial charge in [0.25, 0.3) is 0 Å². The lowest BCUT2D eigenvalue weighted by Gasteiger charge is -2.62. The lowest BCUT2D eigenvalue weighted by atomic mass is 9.41. The van der Waals surface area contributed by atoms with Gasteiger partial charge in [0.2, 0.25) is 0 Å². The Morgan fingerprint density at radius 3 is 2.05 bits per heavy atom. The highest BCUT2D eigenvalue weighted by atomic mass is 14.6. The first-order valence-electron chi connectivity index (χ1n) is 14.7. The summed E-state index contributed by atoms with van der Waals surface area (Å²) in [6.45, 7) is 37.4. The summed E-state index contributed by atoms with van der Waals surface area (Å²) in [6.07, 6.45) is 3.25. The van der Waals surface area contributed by atoms with Crippen molar-refractivity contribution < 1.29 is 0 Å². The molecule has 39 heavy (non-hydrogen) atoms. The molecule has 0 saturated heterocycles. The smallest absolute Gasteiger partial charge is 0.0194 e. The van der Waals surface area contributed by atoms with Crippen LogP contribution < -0.4 is 0 Å². The highest BCUT2D eigenvalue weighted by Crippen LogP contribution is 2.70. The minimum atomic E-state index is -0.121. The maximum atomic E-state index is 4.85. The molecule has 0 heteroatoms. The number of rotatable bonds is 2. The molecule has 3 aliphatic rings. The Labute approximate surface area is 238 Å². The first-order valence-corrected chi connectivity index (χ1v) is 14.7. The summed E-state index contributed by atoms with van der Waals surface area (Å²) in [5.41, 5.74) is 17.6. The summed E-state index contributed by atoms with van der Waals surface area (Å²) in [5.74, 6) is 0. The van der Waals surface area contributed by atoms with E-state index in [9.17, 15) is 0 Å². The van der Waals surface area contributed by atoms with E-state index in [0.29, 0.717) is 0 Å². The van der Waals surface area contributed by atoms with Crippen LogP contribution in [0.3, 0.4) is 0 Å². The number of aryl methyl sites for hydroxylation is 1. The van der Waals surface area contributed by atoms with Gasteiger partial charge in [0.05, 0.1) is 0 Å². The first kappa shape index (κ1) is 27.7. The van der Waals surface area contributed by atoms with Crippen LogP contribution >= 0.6 is 0 Å². The van der Waals surface area contributed by atoms with Crippen LogP contribution in [0.2, 0.25) is 0 Å². The van der Waals surface area contributed by atoms with E-state index in [1.807, 2.05) is 0 Å². The van der Waals surface area contributed by atoms with Crippen molar-refractivity contribution in [1.29, 1.82) is 0 Å². The van der Waals surface area contributed by atoms with Crippen molar-refractivity contribution in [2.45, 2.75) is 93.9 Å². The van der Waals surface area contributed by atoms with Crippen LogP contribution in [0.25, 0.3) is 16.7 Å². The second-order valence-electron chi connectivity index (χ2n) is 14.8. The molecular weight excluding hydrogens is 468 g/mol. The number of hydrogen-bond acceptors (Lipinski definition) is 0. The minimum Gasteiger partial charge on any atom is -0.0955 e. The van der Waals surface area contributed by atoms with E-state index in [-0.39, 0.29) is 21.7 Å². The Bertz CT molecular complexity index is 1510. The van der Waals surface area contributed by atoms with Crippen molar-refractivity contribution in [1.82, 2.24) is 0 Å². The molecule has 0 aliphatic heterocycles. The fourth-order valence-electron chi connectivity index (χ4n) is 8.96. The number of benzene rings is 2. The quantitative estimate of drug-likeness (QED) is 0.372. The van der Waals surface area contributed by atoms with Crippen LogP contribution in [0, 0.1) is 23.2 Å². The predicted octanol–water partition coefficient (Wildman–Crippen LogP) is 11.1. The van der Waals surface area contributed by atoms with Crippen LogP contribution in [0.4, 0.5) is 0 Å². The normalized spacial score (nSPS) is 28.8. The maximum absolute atomic E-state index is 4.85. The van der Waals surface area contributed by atoms with Gasteiger partial charge in [-0.25, -0.2) is 0 Å². The summed E-state index contributed by atoms with van der Waals surface area (Å²) in [4.78, 5) is 0. The van der Waals surface area contributed by atoms with Crippen molar-refractivity contribution in [2.75, 3.05) is 0 Å². The van der Waals surface area contributed by atoms with E-state index < -0.39 is 0 Å². The van der Waals surface area contributed by atoms with Crippen molar-refractivity contribution >= 4 is 5.57 Å². The number of hydrogen-bond donors (Lipinski definition) is 0. The van der Waals surface area contributed by atoms with Gasteiger partial charge >= 0.3 is 0 Å². The fourth-order valence-corrected chi connectivity index (χ4v) is 8.96. The summed E-state index contributed by atoms with van der Waals surface area (Å²) < 4.78 is 0. The molecule has 204 valence electrons. The molecular formula is C39H48. The molecule has 3 aliphatic carbocycles. The summed E-state index contributed by atoms with van der Waals surface area (Å²) in [5, 5.41) is 0. The Hall–Kier alpha value is -2.86. The molecule has 0 aromatic heterocycles. The van der Waals surface area contributed by atoms with Gasteiger partial charge in [0.15, 0.2) is 0 Å². The average molecular weight is 517 g/mol. The Morgan fingerprint density at radius 2 is 1.49 bits per heavy atom. The highest BCUT2D eigenvalue weighted by Gasteiger charge is 2.59. The molecule has 0 saturated carbocycles. The summed E-state index contributed by atoms with van der Waals surface area (Å²) in [7, 11) is 0. The van der Waals surface area contributed by atoms with E-state index >= 15 is 0 Å². The molecule has 0 fully saturated rings. The van der Waals surface area contributed by atoms with E-state index in [0.717, 1.165) is 24.8 Å². The molecule has 0 amide bonds. The van der Waals surface area contributed by atoms with Crippen LogP contribution in [0.1, 0.15) is 97.4 Å². The molecule has 3 atom stereocenters. The molecule has 0 bridgehead atoms. The zero-order valence-electron chi connectivity index (χ0n) is 26.2. The van der Waals surface area contributed by atoms with Gasteiger partial charge in [-0.15, -0.1) is 0 Å². The van der Waals surface area contributed by atoms with Gasteiger partial charge in [0.1, 0.15) is 0 Å². The van der Waals surface area contributed by atoms with E-state index in [4.69, 9.17) is 13.2 Å². The molecule has 5 rings (SSSR count). The summed E-state index contributed by atoms with van der Waals surface area (Å²) in [6, 6.07) is 13.9. The summed E-state index contributed by atoms with van der Waals surface area (Å²) >= 11 is 0. The van der Waals surface area contributed by atoms with Crippen molar-refractivity contribution in [3.63, 3.8) is 0 Å². The van der Waals surface area contributed by atoms with Gasteiger partial charge in [-0.1, -0.05) is 114 Å². The molecule has 0 spiro atoms. The van der Waals surface area contributed by atoms with Gasteiger partial charge < -0.3 is 0 Å². The second-order valence-corrected chi connectivity index (χ2v) is 14.8. The van der Waals surface area contributed by atoms with E-state index in [2.05, 4.69) is 112 Å². The van der Waals surface area contributed by atoms with Gasteiger partial charge in [-0.3, -0.25) is 0 Å². The molecule has 2 aromatic rings. The second kappa shape index (κ2) is 8.57. The van der Waals surface area contributed by atoms with Gasteiger partial charge in [0, 0.05) is 5.41 Å². The van der Waals surface area contributed by atoms with Crippen molar-refractivity contribution in [2.24, 2.45) is 16.2 Å². The van der Waals surface area contributed by atoms with Gasteiger partial charge in [-0.2, -0.15) is 0 Å². The Balaban J connectivity index is 1.72.